The second kappa shape index (κ2) is 4.64. The topological polar surface area (TPSA) is 93.8 Å². The van der Waals surface area contributed by atoms with Gasteiger partial charge in [0.1, 0.15) is 0 Å². The van der Waals surface area contributed by atoms with Crippen LogP contribution >= 0.6 is 0 Å². The molecule has 88 valence electrons. The van der Waals surface area contributed by atoms with Gasteiger partial charge < -0.3 is 0 Å². The Hall–Kier alpha value is -2.38. The maximum absolute atomic E-state index is 4.23. The van der Waals surface area contributed by atoms with Gasteiger partial charge in [0, 0.05) is 11.9 Å². The van der Waals surface area contributed by atoms with E-state index in [1.54, 1.807) is 17.8 Å². The molecule has 1 N–H and O–H groups in total. The molecule has 8 heteroatoms. The summed E-state index contributed by atoms with van der Waals surface area (Å²) in [4.78, 5) is 0. The molecule has 8 nitrogen and oxygen atoms in total. The number of anilines is 1. The van der Waals surface area contributed by atoms with Crippen LogP contribution in [0.1, 0.15) is 18.3 Å². The summed E-state index contributed by atoms with van der Waals surface area (Å²) in [5, 5.41) is 23.5. The van der Waals surface area contributed by atoms with E-state index in [1.165, 1.54) is 0 Å². The van der Waals surface area contributed by atoms with Gasteiger partial charge in [-0.05, 0) is 26.8 Å². The van der Waals surface area contributed by atoms with Crippen molar-refractivity contribution in [1.82, 2.24) is 30.2 Å². The van der Waals surface area contributed by atoms with Crippen LogP contribution in [0.25, 0.3) is 5.95 Å². The molecule has 0 spiro atoms. The summed E-state index contributed by atoms with van der Waals surface area (Å²) < 4.78 is 1.59. The van der Waals surface area contributed by atoms with E-state index < -0.39 is 0 Å². The molecule has 0 saturated heterocycles. The van der Waals surface area contributed by atoms with Crippen molar-refractivity contribution in [2.45, 2.75) is 20.8 Å². The first-order chi connectivity index (χ1) is 8.20. The average molecular weight is 232 g/mol. The van der Waals surface area contributed by atoms with Crippen molar-refractivity contribution < 1.29 is 0 Å². The molecule has 2 aromatic rings. The third kappa shape index (κ3) is 2.41. The van der Waals surface area contributed by atoms with Gasteiger partial charge in [-0.3, -0.25) is 0 Å². The highest BCUT2D eigenvalue weighted by Gasteiger charge is 2.07. The second-order valence-electron chi connectivity index (χ2n) is 3.36. The summed E-state index contributed by atoms with van der Waals surface area (Å²) in [5.41, 5.74) is 4.41. The van der Waals surface area contributed by atoms with Gasteiger partial charge in [-0.15, -0.1) is 20.4 Å². The van der Waals surface area contributed by atoms with Gasteiger partial charge in [0.05, 0.1) is 5.69 Å². The lowest BCUT2D eigenvalue weighted by Gasteiger charge is -2.00. The summed E-state index contributed by atoms with van der Waals surface area (Å²) in [6.45, 7) is 5.59. The lowest BCUT2D eigenvalue weighted by molar-refractivity contribution is 0.711. The number of hydrogen-bond donors (Lipinski definition) is 1. The van der Waals surface area contributed by atoms with Gasteiger partial charge in [0.15, 0.2) is 0 Å². The Morgan fingerprint density at radius 3 is 2.47 bits per heavy atom. The molecule has 0 aliphatic rings. The van der Waals surface area contributed by atoms with Crippen molar-refractivity contribution in [2.75, 3.05) is 5.43 Å². The van der Waals surface area contributed by atoms with E-state index >= 15 is 0 Å². The number of nitrogens with one attached hydrogen (secondary N) is 1. The minimum absolute atomic E-state index is 0.244. The first-order valence-corrected chi connectivity index (χ1v) is 5.05. The van der Waals surface area contributed by atoms with Crippen molar-refractivity contribution in [1.29, 1.82) is 0 Å². The number of hydrogen-bond acceptors (Lipinski definition) is 7. The first kappa shape index (κ1) is 11.1. The number of rotatable bonds is 3. The van der Waals surface area contributed by atoms with E-state index in [9.17, 15) is 0 Å². The predicted molar refractivity (Wildman–Crippen MR) is 62.0 cm³/mol. The molecule has 0 radical (unpaired) electrons. The van der Waals surface area contributed by atoms with Gasteiger partial charge in [-0.1, -0.05) is 0 Å². The lowest BCUT2D eigenvalue weighted by atomic mass is 10.4. The van der Waals surface area contributed by atoms with Crippen LogP contribution in [0, 0.1) is 13.8 Å². The summed E-state index contributed by atoms with van der Waals surface area (Å²) in [7, 11) is 0. The quantitative estimate of drug-likeness (QED) is 0.611. The summed E-state index contributed by atoms with van der Waals surface area (Å²) in [6, 6.07) is 1.93. The molecule has 17 heavy (non-hydrogen) atoms. The molecule has 0 fully saturated rings. The second-order valence-corrected chi connectivity index (χ2v) is 3.36. The molecule has 2 aromatic heterocycles. The molecule has 0 atom stereocenters. The van der Waals surface area contributed by atoms with Crippen molar-refractivity contribution in [2.24, 2.45) is 5.10 Å². The van der Waals surface area contributed by atoms with E-state index in [0.29, 0.717) is 5.95 Å². The molecular formula is C9H12N8. The predicted octanol–water partition coefficient (Wildman–Crippen LogP) is 0.487. The van der Waals surface area contributed by atoms with E-state index in [-0.39, 0.29) is 5.95 Å². The Balaban J connectivity index is 2.26. The van der Waals surface area contributed by atoms with Crippen molar-refractivity contribution in [3.8, 4) is 5.95 Å². The third-order valence-corrected chi connectivity index (χ3v) is 1.96. The first-order valence-electron chi connectivity index (χ1n) is 5.05. The zero-order valence-electron chi connectivity index (χ0n) is 9.79. The molecule has 0 saturated carbocycles. The average Bonchev–Trinajstić information content (AvgIpc) is 2.66. The summed E-state index contributed by atoms with van der Waals surface area (Å²) >= 11 is 0. The smallest absolute Gasteiger partial charge is 0.243 e. The summed E-state index contributed by atoms with van der Waals surface area (Å²) in [5.74, 6) is 0.579. The van der Waals surface area contributed by atoms with E-state index in [1.807, 2.05) is 19.9 Å². The van der Waals surface area contributed by atoms with Crippen LogP contribution in [0.15, 0.2) is 11.2 Å². The molecule has 2 heterocycles. The van der Waals surface area contributed by atoms with E-state index in [2.05, 4.69) is 36.0 Å². The Labute approximate surface area is 97.8 Å². The van der Waals surface area contributed by atoms with Gasteiger partial charge >= 0.3 is 0 Å². The van der Waals surface area contributed by atoms with Crippen molar-refractivity contribution in [3.05, 3.63) is 17.5 Å². The van der Waals surface area contributed by atoms with Crippen LogP contribution in [0.4, 0.5) is 5.95 Å². The van der Waals surface area contributed by atoms with Crippen LogP contribution in [-0.2, 0) is 0 Å². The number of aromatic nitrogens is 6. The van der Waals surface area contributed by atoms with Gasteiger partial charge in [-0.2, -0.15) is 10.2 Å². The van der Waals surface area contributed by atoms with E-state index in [4.69, 9.17) is 0 Å². The van der Waals surface area contributed by atoms with Crippen LogP contribution < -0.4 is 5.43 Å². The molecule has 0 aromatic carbocycles. The summed E-state index contributed by atoms with van der Waals surface area (Å²) in [6.07, 6.45) is 1.58. The van der Waals surface area contributed by atoms with Crippen molar-refractivity contribution in [3.63, 3.8) is 0 Å². The fourth-order valence-corrected chi connectivity index (χ4v) is 1.31. The van der Waals surface area contributed by atoms with Gasteiger partial charge in [-0.25, -0.2) is 10.1 Å². The molecule has 0 aliphatic carbocycles. The van der Waals surface area contributed by atoms with Crippen LogP contribution in [0.2, 0.25) is 0 Å². The molecule has 0 amide bonds. The Bertz CT molecular complexity index is 526. The Morgan fingerprint density at radius 1 is 1.24 bits per heavy atom. The molecule has 2 rings (SSSR count). The highest BCUT2D eigenvalue weighted by molar-refractivity contribution is 5.54. The third-order valence-electron chi connectivity index (χ3n) is 1.96. The monoisotopic (exact) mass is 232 g/mol. The molecular weight excluding hydrogens is 220 g/mol. The highest BCUT2D eigenvalue weighted by Crippen LogP contribution is 2.06. The maximum atomic E-state index is 4.23. The Morgan fingerprint density at radius 2 is 1.94 bits per heavy atom. The van der Waals surface area contributed by atoms with Gasteiger partial charge in [0.25, 0.3) is 11.9 Å². The normalized spacial score (nSPS) is 11.0. The zero-order valence-corrected chi connectivity index (χ0v) is 9.79. The van der Waals surface area contributed by atoms with Crippen LogP contribution in [0.5, 0.6) is 0 Å². The molecule has 0 bridgehead atoms. The van der Waals surface area contributed by atoms with Crippen LogP contribution in [0.3, 0.4) is 0 Å². The van der Waals surface area contributed by atoms with Gasteiger partial charge in [0.2, 0.25) is 0 Å². The fourth-order valence-electron chi connectivity index (χ4n) is 1.31. The number of aryl methyl sites for hydroxylation is 2. The van der Waals surface area contributed by atoms with E-state index in [0.717, 1.165) is 11.4 Å². The largest absolute Gasteiger partial charge is 0.289 e. The lowest BCUT2D eigenvalue weighted by Crippen LogP contribution is -2.09. The molecule has 0 aliphatic heterocycles. The minimum Gasteiger partial charge on any atom is -0.243 e. The van der Waals surface area contributed by atoms with Crippen molar-refractivity contribution >= 4 is 12.2 Å². The Kier molecular flexibility index (Phi) is 3.03. The standard InChI is InChI=1S/C9H12N8/c1-4-10-11-8-12-14-9(15-13-8)17-7(3)5-6(2)16-17/h4-5H,1-3H3,(H,11,12,13). The SMILES string of the molecule is CC=NNc1nnc(-n2nc(C)cc2C)nn1. The number of nitrogens with zero attached hydrogens (tertiary/aromatic N) is 7. The fraction of sp³-hybridized carbons (Fsp3) is 0.333. The van der Waals surface area contributed by atoms with Crippen LogP contribution in [-0.4, -0.2) is 36.4 Å². The molecule has 0 unspecified atom stereocenters. The minimum atomic E-state index is 0.244. The number of hydrazone groups is 1. The highest BCUT2D eigenvalue weighted by atomic mass is 15.5. The zero-order chi connectivity index (χ0) is 12.3. The maximum Gasteiger partial charge on any atom is 0.289 e.